The van der Waals surface area contributed by atoms with E-state index in [4.69, 9.17) is 9.84 Å². The van der Waals surface area contributed by atoms with Gasteiger partial charge < -0.3 is 15.2 Å². The van der Waals surface area contributed by atoms with Gasteiger partial charge in [0.1, 0.15) is 5.56 Å². The fourth-order valence-corrected chi connectivity index (χ4v) is 1.03. The molecule has 0 spiro atoms. The van der Waals surface area contributed by atoms with E-state index in [1.165, 1.54) is 20.2 Å². The molecular weight excluding hydrogens is 200 g/mol. The number of carbonyl (C=O) groups excluding carboxylic acids is 1. The van der Waals surface area contributed by atoms with Crippen molar-refractivity contribution in [2.45, 2.75) is 0 Å². The summed E-state index contributed by atoms with van der Waals surface area (Å²) in [4.78, 5) is 25.7. The minimum Gasteiger partial charge on any atom is -0.480 e. The van der Waals surface area contributed by atoms with Gasteiger partial charge in [0.15, 0.2) is 0 Å². The Labute approximate surface area is 85.9 Å². The monoisotopic (exact) mass is 210 g/mol. The van der Waals surface area contributed by atoms with Gasteiger partial charge in [-0.25, -0.2) is 9.78 Å². The van der Waals surface area contributed by atoms with E-state index in [1.807, 2.05) is 0 Å². The van der Waals surface area contributed by atoms with Crippen molar-refractivity contribution in [1.82, 2.24) is 10.3 Å². The molecule has 80 valence electrons. The SMILES string of the molecule is CNC(=O)c1cc(C(=O)O)cnc1OC. The number of aromatic nitrogens is 1. The normalized spacial score (nSPS) is 9.47. The summed E-state index contributed by atoms with van der Waals surface area (Å²) in [5, 5.41) is 11.1. The zero-order valence-corrected chi connectivity index (χ0v) is 8.27. The van der Waals surface area contributed by atoms with Gasteiger partial charge in [-0.05, 0) is 6.07 Å². The molecule has 6 nitrogen and oxygen atoms in total. The molecule has 0 saturated heterocycles. The molecule has 0 aliphatic heterocycles. The second kappa shape index (κ2) is 4.41. The molecule has 15 heavy (non-hydrogen) atoms. The molecule has 0 atom stereocenters. The number of rotatable bonds is 3. The van der Waals surface area contributed by atoms with Gasteiger partial charge in [-0.2, -0.15) is 0 Å². The van der Waals surface area contributed by atoms with E-state index >= 15 is 0 Å². The molecule has 2 N–H and O–H groups in total. The first kappa shape index (κ1) is 11.0. The number of hydrogen-bond acceptors (Lipinski definition) is 4. The fraction of sp³-hybridized carbons (Fsp3) is 0.222. The standard InChI is InChI=1S/C9H10N2O4/c1-10-7(12)6-3-5(9(13)14)4-11-8(6)15-2/h3-4H,1-2H3,(H,10,12)(H,13,14). The van der Waals surface area contributed by atoms with Crippen LogP contribution in [0.3, 0.4) is 0 Å². The van der Waals surface area contributed by atoms with Gasteiger partial charge in [-0.15, -0.1) is 0 Å². The van der Waals surface area contributed by atoms with E-state index in [0.717, 1.165) is 6.20 Å². The quantitative estimate of drug-likeness (QED) is 0.741. The van der Waals surface area contributed by atoms with E-state index in [1.54, 1.807) is 0 Å². The summed E-state index contributed by atoms with van der Waals surface area (Å²) in [5.41, 5.74) is 0.0364. The van der Waals surface area contributed by atoms with Crippen molar-refractivity contribution >= 4 is 11.9 Å². The van der Waals surface area contributed by atoms with E-state index in [0.29, 0.717) is 0 Å². The van der Waals surface area contributed by atoms with Gasteiger partial charge in [0.2, 0.25) is 5.88 Å². The number of carboxylic acids is 1. The zero-order chi connectivity index (χ0) is 11.4. The van der Waals surface area contributed by atoms with Gasteiger partial charge in [0.05, 0.1) is 12.7 Å². The number of carbonyl (C=O) groups is 2. The topological polar surface area (TPSA) is 88.5 Å². The first-order valence-corrected chi connectivity index (χ1v) is 4.09. The molecule has 1 aromatic heterocycles. The Morgan fingerprint density at radius 2 is 2.20 bits per heavy atom. The van der Waals surface area contributed by atoms with Crippen molar-refractivity contribution in [2.75, 3.05) is 14.2 Å². The second-order valence-corrected chi connectivity index (χ2v) is 2.67. The summed E-state index contributed by atoms with van der Waals surface area (Å²) in [6.07, 6.45) is 1.13. The number of nitrogens with zero attached hydrogens (tertiary/aromatic N) is 1. The zero-order valence-electron chi connectivity index (χ0n) is 8.27. The van der Waals surface area contributed by atoms with Gasteiger partial charge in [0.25, 0.3) is 5.91 Å². The molecule has 0 aromatic carbocycles. The summed E-state index contributed by atoms with van der Waals surface area (Å²) in [7, 11) is 2.80. The summed E-state index contributed by atoms with van der Waals surface area (Å²) < 4.78 is 4.84. The maximum Gasteiger partial charge on any atom is 0.337 e. The maximum absolute atomic E-state index is 11.3. The van der Waals surface area contributed by atoms with Crippen molar-refractivity contribution in [2.24, 2.45) is 0 Å². The highest BCUT2D eigenvalue weighted by atomic mass is 16.5. The Kier molecular flexibility index (Phi) is 3.22. The van der Waals surface area contributed by atoms with Crippen molar-refractivity contribution in [1.29, 1.82) is 0 Å². The lowest BCUT2D eigenvalue weighted by Crippen LogP contribution is -2.19. The Morgan fingerprint density at radius 1 is 1.53 bits per heavy atom. The average Bonchev–Trinajstić information content (AvgIpc) is 2.27. The molecule has 0 fully saturated rings. The van der Waals surface area contributed by atoms with Crippen molar-refractivity contribution in [3.05, 3.63) is 23.4 Å². The van der Waals surface area contributed by atoms with Crippen molar-refractivity contribution < 1.29 is 19.4 Å². The Bertz CT molecular complexity index is 403. The predicted octanol–water partition coefficient (Wildman–Crippen LogP) is 0.148. The van der Waals surface area contributed by atoms with E-state index in [-0.39, 0.29) is 17.0 Å². The minimum absolute atomic E-state index is 0.0607. The highest BCUT2D eigenvalue weighted by Gasteiger charge is 2.15. The first-order chi connectivity index (χ1) is 7.10. The number of amides is 1. The number of aromatic carboxylic acids is 1. The summed E-state index contributed by atoms with van der Waals surface area (Å²) in [6, 6.07) is 1.22. The van der Waals surface area contributed by atoms with Crippen molar-refractivity contribution in [3.8, 4) is 5.88 Å². The van der Waals surface area contributed by atoms with Crippen LogP contribution in [0, 0.1) is 0 Å². The summed E-state index contributed by atoms with van der Waals surface area (Å²) in [6.45, 7) is 0. The highest BCUT2D eigenvalue weighted by molar-refractivity contribution is 5.98. The van der Waals surface area contributed by atoms with E-state index < -0.39 is 11.9 Å². The first-order valence-electron chi connectivity index (χ1n) is 4.09. The predicted molar refractivity (Wildman–Crippen MR) is 51.1 cm³/mol. The molecule has 0 aliphatic rings. The van der Waals surface area contributed by atoms with Crippen LogP contribution in [-0.2, 0) is 0 Å². The number of carboxylic acid groups (broad SMARTS) is 1. The van der Waals surface area contributed by atoms with E-state index in [9.17, 15) is 9.59 Å². The molecule has 0 radical (unpaired) electrons. The van der Waals surface area contributed by atoms with Gasteiger partial charge >= 0.3 is 5.97 Å². The van der Waals surface area contributed by atoms with E-state index in [2.05, 4.69) is 10.3 Å². The fourth-order valence-electron chi connectivity index (χ4n) is 1.03. The minimum atomic E-state index is -1.14. The molecule has 1 aromatic rings. The van der Waals surface area contributed by atoms with Crippen LogP contribution < -0.4 is 10.1 Å². The van der Waals surface area contributed by atoms with Crippen LogP contribution in [0.15, 0.2) is 12.3 Å². The summed E-state index contributed by atoms with van der Waals surface area (Å²) >= 11 is 0. The molecule has 1 rings (SSSR count). The summed E-state index contributed by atoms with van der Waals surface area (Å²) in [5.74, 6) is -1.49. The molecule has 0 saturated carbocycles. The lowest BCUT2D eigenvalue weighted by atomic mass is 10.2. The number of pyridine rings is 1. The molecular formula is C9H10N2O4. The second-order valence-electron chi connectivity index (χ2n) is 2.67. The van der Waals surface area contributed by atoms with Crippen LogP contribution >= 0.6 is 0 Å². The van der Waals surface area contributed by atoms with Crippen LogP contribution in [0.5, 0.6) is 5.88 Å². The van der Waals surface area contributed by atoms with Crippen LogP contribution in [-0.4, -0.2) is 36.1 Å². The van der Waals surface area contributed by atoms with Crippen LogP contribution in [0.2, 0.25) is 0 Å². The molecule has 6 heteroatoms. The third kappa shape index (κ3) is 2.22. The number of nitrogens with one attached hydrogen (secondary N) is 1. The molecule has 1 heterocycles. The number of ether oxygens (including phenoxy) is 1. The van der Waals surface area contributed by atoms with Crippen LogP contribution in [0.4, 0.5) is 0 Å². The van der Waals surface area contributed by atoms with Crippen LogP contribution in [0.25, 0.3) is 0 Å². The maximum atomic E-state index is 11.3. The smallest absolute Gasteiger partial charge is 0.337 e. The lowest BCUT2D eigenvalue weighted by molar-refractivity contribution is 0.0696. The lowest BCUT2D eigenvalue weighted by Gasteiger charge is -2.06. The van der Waals surface area contributed by atoms with Crippen molar-refractivity contribution in [3.63, 3.8) is 0 Å². The molecule has 0 unspecified atom stereocenters. The highest BCUT2D eigenvalue weighted by Crippen LogP contribution is 2.15. The van der Waals surface area contributed by atoms with Gasteiger partial charge in [-0.3, -0.25) is 4.79 Å². The Morgan fingerprint density at radius 3 is 2.67 bits per heavy atom. The Hall–Kier alpha value is -2.11. The Balaban J connectivity index is 3.25. The third-order valence-electron chi connectivity index (χ3n) is 1.76. The van der Waals surface area contributed by atoms with Crippen LogP contribution in [0.1, 0.15) is 20.7 Å². The molecule has 1 amide bonds. The number of hydrogen-bond donors (Lipinski definition) is 2. The van der Waals surface area contributed by atoms with Gasteiger partial charge in [0, 0.05) is 13.2 Å². The number of methoxy groups -OCH3 is 1. The molecule has 0 aliphatic carbocycles. The largest absolute Gasteiger partial charge is 0.480 e. The average molecular weight is 210 g/mol. The van der Waals surface area contributed by atoms with Gasteiger partial charge in [-0.1, -0.05) is 0 Å². The molecule has 0 bridgehead atoms. The third-order valence-corrected chi connectivity index (χ3v) is 1.76.